The molecule has 0 aliphatic rings. The molecular weight excluding hydrogens is 364 g/mol. The lowest BCUT2D eigenvalue weighted by Gasteiger charge is -2.29. The molecule has 0 saturated carbocycles. The number of nitrogens with zero attached hydrogens (tertiary/aromatic N) is 1. The summed E-state index contributed by atoms with van der Waals surface area (Å²) in [4.78, 5) is 12.8. The number of hydrogen-bond acceptors (Lipinski definition) is 4. The molecule has 27 heavy (non-hydrogen) atoms. The van der Waals surface area contributed by atoms with Crippen molar-refractivity contribution >= 4 is 21.6 Å². The number of methoxy groups -OCH3 is 1. The molecule has 0 fully saturated rings. The zero-order chi connectivity index (χ0) is 20.2. The molecule has 6 nitrogen and oxygen atoms in total. The van der Waals surface area contributed by atoms with Gasteiger partial charge < -0.3 is 10.1 Å². The molecule has 2 aromatic rings. The normalized spacial score (nSPS) is 13.5. The molecule has 1 amide bonds. The van der Waals surface area contributed by atoms with E-state index >= 15 is 0 Å². The maximum Gasteiger partial charge on any atom is 0.244 e. The summed E-state index contributed by atoms with van der Waals surface area (Å²) in [6, 6.07) is 13.3. The highest BCUT2D eigenvalue weighted by atomic mass is 32.2. The second-order valence-corrected chi connectivity index (χ2v) is 8.44. The predicted molar refractivity (Wildman–Crippen MR) is 108 cm³/mol. The van der Waals surface area contributed by atoms with Crippen molar-refractivity contribution in [3.05, 3.63) is 59.7 Å². The number of anilines is 1. The number of sulfonamides is 1. The Morgan fingerprint density at radius 3 is 2.30 bits per heavy atom. The fraction of sp³-hybridized carbons (Fsp3) is 0.350. The Labute approximate surface area is 161 Å². The lowest BCUT2D eigenvalue weighted by molar-refractivity contribution is -0.122. The second kappa shape index (κ2) is 8.43. The molecule has 0 radical (unpaired) electrons. The number of carbonyl (C=O) groups excluding carboxylic acids is 1. The van der Waals surface area contributed by atoms with Gasteiger partial charge in [0.05, 0.1) is 25.1 Å². The van der Waals surface area contributed by atoms with E-state index in [2.05, 4.69) is 5.32 Å². The van der Waals surface area contributed by atoms with Gasteiger partial charge in [0, 0.05) is 6.07 Å². The zero-order valence-corrected chi connectivity index (χ0v) is 17.1. The first-order valence-electron chi connectivity index (χ1n) is 8.64. The summed E-state index contributed by atoms with van der Waals surface area (Å²) < 4.78 is 31.0. The van der Waals surface area contributed by atoms with Crippen LogP contribution in [0.3, 0.4) is 0 Å². The highest BCUT2D eigenvalue weighted by Gasteiger charge is 2.30. The number of nitrogens with one attached hydrogen (secondary N) is 1. The number of benzene rings is 2. The van der Waals surface area contributed by atoms with Gasteiger partial charge in [0.1, 0.15) is 11.8 Å². The van der Waals surface area contributed by atoms with Crippen molar-refractivity contribution < 1.29 is 17.9 Å². The summed E-state index contributed by atoms with van der Waals surface area (Å²) in [6.45, 7) is 5.43. The maximum absolute atomic E-state index is 12.8. The first-order chi connectivity index (χ1) is 12.6. The van der Waals surface area contributed by atoms with Crippen molar-refractivity contribution in [3.8, 4) is 5.75 Å². The first kappa shape index (κ1) is 20.8. The van der Waals surface area contributed by atoms with Gasteiger partial charge in [-0.25, -0.2) is 8.42 Å². The molecule has 1 N–H and O–H groups in total. The largest absolute Gasteiger partial charge is 0.497 e. The molecule has 0 aromatic heterocycles. The molecule has 146 valence electrons. The molecule has 0 unspecified atom stereocenters. The van der Waals surface area contributed by atoms with Crippen molar-refractivity contribution in [2.24, 2.45) is 0 Å². The van der Waals surface area contributed by atoms with E-state index < -0.39 is 16.1 Å². The van der Waals surface area contributed by atoms with Crippen molar-refractivity contribution in [3.63, 3.8) is 0 Å². The highest BCUT2D eigenvalue weighted by molar-refractivity contribution is 7.92. The van der Waals surface area contributed by atoms with Gasteiger partial charge in [-0.05, 0) is 38.5 Å². The van der Waals surface area contributed by atoms with E-state index in [-0.39, 0.29) is 11.9 Å². The molecule has 0 bridgehead atoms. The number of rotatable bonds is 7. The fourth-order valence-corrected chi connectivity index (χ4v) is 4.00. The van der Waals surface area contributed by atoms with E-state index in [1.807, 2.05) is 38.1 Å². The molecule has 0 heterocycles. The number of hydrogen-bond donors (Lipinski definition) is 1. The summed E-state index contributed by atoms with van der Waals surface area (Å²) in [5, 5.41) is 2.89. The Morgan fingerprint density at radius 2 is 1.74 bits per heavy atom. The van der Waals surface area contributed by atoms with Crippen LogP contribution in [0.4, 0.5) is 5.69 Å². The van der Waals surface area contributed by atoms with Crippen LogP contribution >= 0.6 is 0 Å². The summed E-state index contributed by atoms with van der Waals surface area (Å²) in [6.07, 6.45) is 1.08. The minimum atomic E-state index is -3.68. The zero-order valence-electron chi connectivity index (χ0n) is 16.3. The van der Waals surface area contributed by atoms with Gasteiger partial charge >= 0.3 is 0 Å². The summed E-state index contributed by atoms with van der Waals surface area (Å²) in [5.74, 6) is 0.137. The molecule has 0 aliphatic heterocycles. The standard InChI is InChI=1S/C20H26N2O4S/c1-14-9-11-17(12-10-14)15(2)21-20(23)16(3)22(27(5,24)25)18-7-6-8-19(13-18)26-4/h6-13,15-16H,1-5H3,(H,21,23)/t15-,16+/m0/s1. The van der Waals surface area contributed by atoms with Crippen LogP contribution in [0, 0.1) is 6.92 Å². The van der Waals surface area contributed by atoms with Crippen molar-refractivity contribution in [2.75, 3.05) is 17.7 Å². The molecule has 2 aromatic carbocycles. The minimum Gasteiger partial charge on any atom is -0.497 e. The third-order valence-electron chi connectivity index (χ3n) is 4.33. The van der Waals surface area contributed by atoms with Gasteiger partial charge in [-0.3, -0.25) is 9.10 Å². The smallest absolute Gasteiger partial charge is 0.244 e. The fourth-order valence-electron chi connectivity index (χ4n) is 2.83. The molecule has 2 atom stereocenters. The van der Waals surface area contributed by atoms with Crippen LogP contribution in [0.2, 0.25) is 0 Å². The maximum atomic E-state index is 12.8. The van der Waals surface area contributed by atoms with E-state index in [1.54, 1.807) is 31.2 Å². The lowest BCUT2D eigenvalue weighted by atomic mass is 10.1. The van der Waals surface area contributed by atoms with Crippen molar-refractivity contribution in [2.45, 2.75) is 32.9 Å². The van der Waals surface area contributed by atoms with E-state index in [9.17, 15) is 13.2 Å². The molecule has 7 heteroatoms. The molecule has 0 spiro atoms. The second-order valence-electron chi connectivity index (χ2n) is 6.58. The van der Waals surface area contributed by atoms with Crippen LogP contribution < -0.4 is 14.4 Å². The molecular formula is C20H26N2O4S. The summed E-state index contributed by atoms with van der Waals surface area (Å²) >= 11 is 0. The molecule has 2 rings (SSSR count). The lowest BCUT2D eigenvalue weighted by Crippen LogP contribution is -2.48. The SMILES string of the molecule is COc1cccc(N([C@H](C)C(=O)N[C@@H](C)c2ccc(C)cc2)S(C)(=O)=O)c1. The van der Waals surface area contributed by atoms with Crippen molar-refractivity contribution in [1.29, 1.82) is 0 Å². The quantitative estimate of drug-likeness (QED) is 0.788. The molecule has 0 saturated heterocycles. The van der Waals surface area contributed by atoms with Crippen LogP contribution in [-0.4, -0.2) is 33.7 Å². The van der Waals surface area contributed by atoms with Crippen LogP contribution in [0.1, 0.15) is 31.0 Å². The number of carbonyl (C=O) groups is 1. The Bertz CT molecular complexity index is 894. The van der Waals surface area contributed by atoms with Gasteiger partial charge in [-0.15, -0.1) is 0 Å². The predicted octanol–water partition coefficient (Wildman–Crippen LogP) is 3.04. The number of aryl methyl sites for hydroxylation is 1. The Hall–Kier alpha value is -2.54. The summed E-state index contributed by atoms with van der Waals surface area (Å²) in [7, 11) is -2.17. The first-order valence-corrected chi connectivity index (χ1v) is 10.5. The van der Waals surface area contributed by atoms with Gasteiger partial charge in [0.15, 0.2) is 0 Å². The number of ether oxygens (including phenoxy) is 1. The van der Waals surface area contributed by atoms with Gasteiger partial charge in [-0.2, -0.15) is 0 Å². The summed E-state index contributed by atoms with van der Waals surface area (Å²) in [5.41, 5.74) is 2.46. The highest BCUT2D eigenvalue weighted by Crippen LogP contribution is 2.25. The van der Waals surface area contributed by atoms with E-state index in [0.717, 1.165) is 21.7 Å². The van der Waals surface area contributed by atoms with Crippen LogP contribution in [0.15, 0.2) is 48.5 Å². The Balaban J connectivity index is 2.25. The van der Waals surface area contributed by atoms with Gasteiger partial charge in [0.2, 0.25) is 15.9 Å². The van der Waals surface area contributed by atoms with Crippen LogP contribution in [-0.2, 0) is 14.8 Å². The Kier molecular flexibility index (Phi) is 6.49. The monoisotopic (exact) mass is 390 g/mol. The third-order valence-corrected chi connectivity index (χ3v) is 5.57. The topological polar surface area (TPSA) is 75.7 Å². The van der Waals surface area contributed by atoms with E-state index in [4.69, 9.17) is 4.74 Å². The van der Waals surface area contributed by atoms with E-state index in [0.29, 0.717) is 11.4 Å². The van der Waals surface area contributed by atoms with Crippen molar-refractivity contribution in [1.82, 2.24) is 5.32 Å². The minimum absolute atomic E-state index is 0.243. The van der Waals surface area contributed by atoms with Crippen LogP contribution in [0.25, 0.3) is 0 Å². The van der Waals surface area contributed by atoms with Gasteiger partial charge in [-0.1, -0.05) is 35.9 Å². The number of amides is 1. The average Bonchev–Trinajstić information content (AvgIpc) is 2.61. The third kappa shape index (κ3) is 5.23. The van der Waals surface area contributed by atoms with Crippen LogP contribution in [0.5, 0.6) is 5.75 Å². The average molecular weight is 391 g/mol. The van der Waals surface area contributed by atoms with Gasteiger partial charge in [0.25, 0.3) is 0 Å². The van der Waals surface area contributed by atoms with E-state index in [1.165, 1.54) is 7.11 Å². The Morgan fingerprint density at radius 1 is 1.11 bits per heavy atom. The molecule has 0 aliphatic carbocycles.